The topological polar surface area (TPSA) is 77.8 Å². The second kappa shape index (κ2) is 9.99. The lowest BCUT2D eigenvalue weighted by molar-refractivity contribution is -0.143. The number of carboxylic acid groups (broad SMARTS) is 2. The van der Waals surface area contributed by atoms with Crippen molar-refractivity contribution in [3.63, 3.8) is 0 Å². The van der Waals surface area contributed by atoms with E-state index in [0.717, 1.165) is 6.04 Å². The number of aliphatic carboxylic acids is 2. The maximum Gasteiger partial charge on any atom is 0.303 e. The molecule has 2 N–H and O–H groups in total. The van der Waals surface area contributed by atoms with Crippen LogP contribution in [0.1, 0.15) is 50.5 Å². The molecule has 1 unspecified atom stereocenters. The molecule has 2 aliphatic rings. The lowest BCUT2D eigenvalue weighted by Gasteiger charge is -2.42. The molecule has 1 aliphatic carbocycles. The number of carbonyl (C=O) groups is 2. The van der Waals surface area contributed by atoms with Crippen molar-refractivity contribution >= 4 is 18.0 Å². The second-order valence-electron chi connectivity index (χ2n) is 6.57. The molecule has 3 rings (SSSR count). The quantitative estimate of drug-likeness (QED) is 0.851. The van der Waals surface area contributed by atoms with E-state index in [1.54, 1.807) is 5.57 Å². The lowest BCUT2D eigenvalue weighted by Crippen LogP contribution is -2.46. The van der Waals surface area contributed by atoms with Crippen LogP contribution < -0.4 is 0 Å². The molecule has 5 nitrogen and oxygen atoms in total. The predicted octanol–water partition coefficient (Wildman–Crippen LogP) is 3.65. The Kier molecular flexibility index (Phi) is 7.67. The van der Waals surface area contributed by atoms with Crippen molar-refractivity contribution in [2.75, 3.05) is 13.1 Å². The Labute approximate surface area is 149 Å². The fourth-order valence-corrected chi connectivity index (χ4v) is 3.23. The molecule has 1 aliphatic heterocycles. The molecule has 0 spiro atoms. The van der Waals surface area contributed by atoms with Gasteiger partial charge in [-0.3, -0.25) is 14.5 Å². The SMILES string of the molecule is C(=C1\CCCCC1N1CCC1)/c1ccccc1.O=C(O)CCC(=O)O. The molecule has 2 fully saturated rings. The van der Waals surface area contributed by atoms with Gasteiger partial charge in [-0.25, -0.2) is 0 Å². The molecule has 25 heavy (non-hydrogen) atoms. The predicted molar refractivity (Wildman–Crippen MR) is 97.4 cm³/mol. The van der Waals surface area contributed by atoms with Crippen molar-refractivity contribution in [2.24, 2.45) is 0 Å². The van der Waals surface area contributed by atoms with Gasteiger partial charge in [0, 0.05) is 6.04 Å². The molecule has 1 atom stereocenters. The fraction of sp³-hybridized carbons (Fsp3) is 0.500. The number of nitrogens with zero attached hydrogens (tertiary/aromatic N) is 1. The van der Waals surface area contributed by atoms with Crippen molar-refractivity contribution in [1.82, 2.24) is 4.90 Å². The largest absolute Gasteiger partial charge is 0.481 e. The van der Waals surface area contributed by atoms with E-state index >= 15 is 0 Å². The monoisotopic (exact) mass is 345 g/mol. The Morgan fingerprint density at radius 3 is 2.16 bits per heavy atom. The Morgan fingerprint density at radius 2 is 1.64 bits per heavy atom. The highest BCUT2D eigenvalue weighted by atomic mass is 16.4. The smallest absolute Gasteiger partial charge is 0.303 e. The number of carboxylic acids is 2. The van der Waals surface area contributed by atoms with Crippen LogP contribution in [0.15, 0.2) is 35.9 Å². The van der Waals surface area contributed by atoms with Gasteiger partial charge in [-0.2, -0.15) is 0 Å². The standard InChI is InChI=1S/C16H21N.C4H6O4/c1-2-7-14(8-3-1)13-15-9-4-5-10-16(15)17-11-6-12-17;5-3(6)1-2-4(7)8/h1-3,7-8,13,16H,4-6,9-12H2;1-2H2,(H,5,6)(H,7,8)/b15-13-;. The summed E-state index contributed by atoms with van der Waals surface area (Å²) in [7, 11) is 0. The van der Waals surface area contributed by atoms with Crippen molar-refractivity contribution < 1.29 is 19.8 Å². The molecule has 0 radical (unpaired) electrons. The minimum absolute atomic E-state index is 0.296. The van der Waals surface area contributed by atoms with Gasteiger partial charge < -0.3 is 10.2 Å². The van der Waals surface area contributed by atoms with E-state index in [9.17, 15) is 9.59 Å². The van der Waals surface area contributed by atoms with Crippen LogP contribution in [0.2, 0.25) is 0 Å². The number of rotatable bonds is 5. The van der Waals surface area contributed by atoms with Crippen molar-refractivity contribution in [1.29, 1.82) is 0 Å². The van der Waals surface area contributed by atoms with Gasteiger partial charge in [-0.05, 0) is 44.3 Å². The third kappa shape index (κ3) is 6.70. The zero-order valence-corrected chi connectivity index (χ0v) is 14.6. The molecule has 0 amide bonds. The van der Waals surface area contributed by atoms with Crippen LogP contribution in [0.5, 0.6) is 0 Å². The van der Waals surface area contributed by atoms with E-state index in [-0.39, 0.29) is 12.8 Å². The van der Waals surface area contributed by atoms with Crippen LogP contribution in [0, 0.1) is 0 Å². The maximum atomic E-state index is 9.64. The molecule has 1 saturated carbocycles. The first-order valence-electron chi connectivity index (χ1n) is 8.99. The number of likely N-dealkylation sites (tertiary alicyclic amines) is 1. The van der Waals surface area contributed by atoms with Crippen molar-refractivity contribution in [2.45, 2.75) is 51.0 Å². The van der Waals surface area contributed by atoms with Crippen LogP contribution in [0.25, 0.3) is 6.08 Å². The van der Waals surface area contributed by atoms with Gasteiger partial charge in [0.05, 0.1) is 12.8 Å². The molecule has 0 aromatic heterocycles. The molecule has 5 heteroatoms. The Balaban J connectivity index is 0.000000242. The fourth-order valence-electron chi connectivity index (χ4n) is 3.23. The first-order chi connectivity index (χ1) is 12.1. The van der Waals surface area contributed by atoms with Gasteiger partial charge in [0.15, 0.2) is 0 Å². The highest BCUT2D eigenvalue weighted by molar-refractivity contribution is 5.75. The Bertz CT molecular complexity index is 579. The van der Waals surface area contributed by atoms with E-state index in [4.69, 9.17) is 10.2 Å². The van der Waals surface area contributed by atoms with Crippen LogP contribution in [0.3, 0.4) is 0 Å². The number of benzene rings is 1. The summed E-state index contributed by atoms with van der Waals surface area (Å²) < 4.78 is 0. The number of hydrogen-bond donors (Lipinski definition) is 2. The van der Waals surface area contributed by atoms with Gasteiger partial charge in [0.2, 0.25) is 0 Å². The van der Waals surface area contributed by atoms with E-state index in [0.29, 0.717) is 0 Å². The third-order valence-electron chi connectivity index (χ3n) is 4.66. The summed E-state index contributed by atoms with van der Waals surface area (Å²) in [4.78, 5) is 21.9. The van der Waals surface area contributed by atoms with Crippen LogP contribution >= 0.6 is 0 Å². The van der Waals surface area contributed by atoms with Gasteiger partial charge in [0.1, 0.15) is 0 Å². The van der Waals surface area contributed by atoms with Gasteiger partial charge in [-0.1, -0.05) is 48.4 Å². The normalized spacial score (nSPS) is 21.8. The zero-order valence-electron chi connectivity index (χ0n) is 14.6. The minimum atomic E-state index is -1.08. The molecule has 1 aromatic carbocycles. The maximum absolute atomic E-state index is 9.64. The Hall–Kier alpha value is -2.14. The highest BCUT2D eigenvalue weighted by Crippen LogP contribution is 2.31. The first kappa shape index (κ1) is 19.2. The summed E-state index contributed by atoms with van der Waals surface area (Å²) in [5, 5.41) is 15.8. The van der Waals surface area contributed by atoms with E-state index in [1.165, 1.54) is 50.8 Å². The molecular weight excluding hydrogens is 318 g/mol. The van der Waals surface area contributed by atoms with Crippen molar-refractivity contribution in [3.05, 3.63) is 41.5 Å². The van der Waals surface area contributed by atoms with Crippen LogP contribution in [-0.4, -0.2) is 46.2 Å². The molecule has 1 aromatic rings. The van der Waals surface area contributed by atoms with Gasteiger partial charge in [0.25, 0.3) is 0 Å². The molecular formula is C20H27NO4. The summed E-state index contributed by atoms with van der Waals surface area (Å²) >= 11 is 0. The first-order valence-corrected chi connectivity index (χ1v) is 8.99. The molecule has 136 valence electrons. The average Bonchev–Trinajstić information content (AvgIpc) is 2.55. The van der Waals surface area contributed by atoms with E-state index in [1.807, 2.05) is 0 Å². The average molecular weight is 345 g/mol. The van der Waals surface area contributed by atoms with Crippen molar-refractivity contribution in [3.8, 4) is 0 Å². The Morgan fingerprint density at radius 1 is 1.00 bits per heavy atom. The molecule has 0 bridgehead atoms. The summed E-state index contributed by atoms with van der Waals surface area (Å²) in [6.07, 6.45) is 8.70. The van der Waals surface area contributed by atoms with Gasteiger partial charge >= 0.3 is 11.9 Å². The summed E-state index contributed by atoms with van der Waals surface area (Å²) in [6, 6.07) is 11.5. The van der Waals surface area contributed by atoms with Gasteiger partial charge in [-0.15, -0.1) is 0 Å². The second-order valence-corrected chi connectivity index (χ2v) is 6.57. The summed E-state index contributed by atoms with van der Waals surface area (Å²) in [5.74, 6) is -2.15. The lowest BCUT2D eigenvalue weighted by atomic mass is 9.86. The van der Waals surface area contributed by atoms with E-state index in [2.05, 4.69) is 41.3 Å². The van der Waals surface area contributed by atoms with Crippen LogP contribution in [0.4, 0.5) is 0 Å². The van der Waals surface area contributed by atoms with E-state index < -0.39 is 11.9 Å². The third-order valence-corrected chi connectivity index (χ3v) is 4.66. The molecule has 1 heterocycles. The zero-order chi connectivity index (χ0) is 18.1. The summed E-state index contributed by atoms with van der Waals surface area (Å²) in [5.41, 5.74) is 3.04. The highest BCUT2D eigenvalue weighted by Gasteiger charge is 2.28. The number of hydrogen-bond acceptors (Lipinski definition) is 3. The minimum Gasteiger partial charge on any atom is -0.481 e. The summed E-state index contributed by atoms with van der Waals surface area (Å²) in [6.45, 7) is 2.63. The molecule has 1 saturated heterocycles. The van der Waals surface area contributed by atoms with Crippen LogP contribution in [-0.2, 0) is 9.59 Å².